The van der Waals surface area contributed by atoms with E-state index in [1.54, 1.807) is 6.07 Å². The fourth-order valence-electron chi connectivity index (χ4n) is 1.51. The van der Waals surface area contributed by atoms with Crippen LogP contribution in [-0.4, -0.2) is 18.7 Å². The Morgan fingerprint density at radius 2 is 1.74 bits per heavy atom. The van der Waals surface area contributed by atoms with Crippen molar-refractivity contribution < 1.29 is 0 Å². The molecule has 0 aliphatic carbocycles. The molecule has 0 radical (unpaired) electrons. The molecule has 9 heteroatoms. The van der Waals surface area contributed by atoms with Gasteiger partial charge in [-0.3, -0.25) is 0 Å². The monoisotopic (exact) mass is 312 g/mol. The van der Waals surface area contributed by atoms with Gasteiger partial charge in [0.1, 0.15) is 11.0 Å². The number of rotatable bonds is 2. The van der Waals surface area contributed by atoms with Crippen LogP contribution in [-0.2, 0) is 0 Å². The van der Waals surface area contributed by atoms with Crippen LogP contribution < -0.4 is 11.1 Å². The molecular weight excluding hydrogens is 307 g/mol. The smallest absolute Gasteiger partial charge is 0.227 e. The highest BCUT2D eigenvalue weighted by Gasteiger charge is 2.14. The summed E-state index contributed by atoms with van der Waals surface area (Å²) in [6, 6.07) is 1.60. The molecule has 0 atom stereocenters. The van der Waals surface area contributed by atoms with Crippen LogP contribution in [0.15, 0.2) is 18.5 Å². The maximum Gasteiger partial charge on any atom is 0.227 e. The van der Waals surface area contributed by atoms with Gasteiger partial charge < -0.3 is 11.1 Å². The van der Waals surface area contributed by atoms with E-state index >= 15 is 0 Å². The van der Waals surface area contributed by atoms with Gasteiger partial charge in [0.05, 0.1) is 45.5 Å². The molecule has 3 N–H and O–H groups in total. The fourth-order valence-corrected chi connectivity index (χ4v) is 2.67. The molecule has 0 saturated heterocycles. The second-order valence-electron chi connectivity index (χ2n) is 3.64. The maximum absolute atomic E-state index is 6.16. The fraction of sp³-hybridized carbons (Fsp3) is 0. The molecule has 2 aromatic heterocycles. The third-order valence-electron chi connectivity index (χ3n) is 2.35. The molecule has 0 aliphatic heterocycles. The van der Waals surface area contributed by atoms with E-state index in [1.165, 1.54) is 12.4 Å². The molecule has 6 nitrogen and oxygen atoms in total. The van der Waals surface area contributed by atoms with Crippen LogP contribution in [0.1, 0.15) is 0 Å². The standard InChI is InChI=1S/C10H6Cl2N6S/c11-5-1-6(12)8-9(18-19-17-8)7(5)16-10-14-2-4(13)3-15-10/h1-3H,13H2,(H,14,15,16). The number of halogens is 2. The number of hydrogen-bond acceptors (Lipinski definition) is 7. The van der Waals surface area contributed by atoms with Gasteiger partial charge in [-0.05, 0) is 6.07 Å². The lowest BCUT2D eigenvalue weighted by Gasteiger charge is -2.07. The molecule has 2 heterocycles. The van der Waals surface area contributed by atoms with Gasteiger partial charge in [0, 0.05) is 0 Å². The first-order chi connectivity index (χ1) is 9.15. The summed E-state index contributed by atoms with van der Waals surface area (Å²) in [4.78, 5) is 8.09. The first-order valence-electron chi connectivity index (χ1n) is 5.10. The number of nitrogens with one attached hydrogen (secondary N) is 1. The molecule has 0 saturated carbocycles. The van der Waals surface area contributed by atoms with Crippen molar-refractivity contribution in [2.24, 2.45) is 0 Å². The quantitative estimate of drug-likeness (QED) is 0.755. The lowest BCUT2D eigenvalue weighted by Crippen LogP contribution is -1.99. The van der Waals surface area contributed by atoms with Gasteiger partial charge in [-0.25, -0.2) is 9.97 Å². The summed E-state index contributed by atoms with van der Waals surface area (Å²) in [7, 11) is 0. The van der Waals surface area contributed by atoms with E-state index in [0.717, 1.165) is 11.7 Å². The van der Waals surface area contributed by atoms with E-state index in [9.17, 15) is 0 Å². The minimum Gasteiger partial charge on any atom is -0.396 e. The molecule has 0 fully saturated rings. The molecule has 3 aromatic rings. The van der Waals surface area contributed by atoms with E-state index in [2.05, 4.69) is 24.0 Å². The number of nitrogen functional groups attached to an aromatic ring is 1. The summed E-state index contributed by atoms with van der Waals surface area (Å²) < 4.78 is 8.29. The average molecular weight is 313 g/mol. The molecule has 1 aromatic carbocycles. The lowest BCUT2D eigenvalue weighted by molar-refractivity contribution is 1.17. The van der Waals surface area contributed by atoms with E-state index in [0.29, 0.717) is 38.4 Å². The summed E-state index contributed by atoms with van der Waals surface area (Å²) in [5, 5.41) is 3.87. The third-order valence-corrected chi connectivity index (χ3v) is 3.47. The molecule has 0 aliphatic rings. The summed E-state index contributed by atoms with van der Waals surface area (Å²) in [5.74, 6) is 0.368. The van der Waals surface area contributed by atoms with Crippen LogP contribution in [0.25, 0.3) is 11.0 Å². The van der Waals surface area contributed by atoms with Crippen molar-refractivity contribution in [3.63, 3.8) is 0 Å². The molecule has 3 rings (SSSR count). The number of hydrogen-bond donors (Lipinski definition) is 2. The van der Waals surface area contributed by atoms with Gasteiger partial charge >= 0.3 is 0 Å². The van der Waals surface area contributed by atoms with E-state index in [1.807, 2.05) is 0 Å². The Morgan fingerprint density at radius 1 is 1.05 bits per heavy atom. The molecule has 0 spiro atoms. The molecular formula is C10H6Cl2N6S. The molecule has 0 bridgehead atoms. The molecule has 96 valence electrons. The Morgan fingerprint density at radius 3 is 2.47 bits per heavy atom. The lowest BCUT2D eigenvalue weighted by atomic mass is 10.2. The molecule has 19 heavy (non-hydrogen) atoms. The Balaban J connectivity index is 2.09. The molecule has 0 unspecified atom stereocenters. The van der Waals surface area contributed by atoms with Gasteiger partial charge in [-0.15, -0.1) is 0 Å². The third kappa shape index (κ3) is 2.27. The van der Waals surface area contributed by atoms with Gasteiger partial charge in [0.15, 0.2) is 0 Å². The highest BCUT2D eigenvalue weighted by atomic mass is 35.5. The van der Waals surface area contributed by atoms with Crippen LogP contribution >= 0.6 is 34.9 Å². The Labute approximate surface area is 121 Å². The van der Waals surface area contributed by atoms with Crippen LogP contribution in [0, 0.1) is 0 Å². The zero-order chi connectivity index (χ0) is 13.4. The van der Waals surface area contributed by atoms with Crippen molar-refractivity contribution in [2.75, 3.05) is 11.1 Å². The summed E-state index contributed by atoms with van der Waals surface area (Å²) >= 11 is 13.3. The highest BCUT2D eigenvalue weighted by molar-refractivity contribution is 7.00. The van der Waals surface area contributed by atoms with Crippen LogP contribution in [0.3, 0.4) is 0 Å². The Bertz CT molecular complexity index is 742. The second-order valence-corrected chi connectivity index (χ2v) is 4.98. The number of nitrogens with zero attached hydrogens (tertiary/aromatic N) is 4. The topological polar surface area (TPSA) is 89.6 Å². The first-order valence-corrected chi connectivity index (χ1v) is 6.58. The summed E-state index contributed by atoms with van der Waals surface area (Å²) in [5.41, 5.74) is 7.75. The van der Waals surface area contributed by atoms with Gasteiger partial charge in [-0.1, -0.05) is 23.2 Å². The van der Waals surface area contributed by atoms with Crippen molar-refractivity contribution in [2.45, 2.75) is 0 Å². The van der Waals surface area contributed by atoms with Crippen LogP contribution in [0.5, 0.6) is 0 Å². The predicted octanol–water partition coefficient (Wildman–Crippen LogP) is 3.11. The normalized spacial score (nSPS) is 10.8. The average Bonchev–Trinajstić information content (AvgIpc) is 2.86. The second kappa shape index (κ2) is 4.76. The van der Waals surface area contributed by atoms with E-state index in [4.69, 9.17) is 28.9 Å². The van der Waals surface area contributed by atoms with Gasteiger partial charge in [-0.2, -0.15) is 8.75 Å². The van der Waals surface area contributed by atoms with Gasteiger partial charge in [0.25, 0.3) is 0 Å². The zero-order valence-corrected chi connectivity index (χ0v) is 11.6. The minimum absolute atomic E-state index is 0.368. The van der Waals surface area contributed by atoms with Crippen molar-refractivity contribution >= 4 is 63.3 Å². The first kappa shape index (κ1) is 12.3. The number of nitrogens with two attached hydrogens (primary N) is 1. The highest BCUT2D eigenvalue weighted by Crippen LogP contribution is 2.36. The number of fused-ring (bicyclic) bond motifs is 1. The van der Waals surface area contributed by atoms with Crippen LogP contribution in [0.4, 0.5) is 17.3 Å². The summed E-state index contributed by atoms with van der Waals surface area (Å²) in [6.45, 7) is 0. The van der Waals surface area contributed by atoms with Crippen molar-refractivity contribution in [1.29, 1.82) is 0 Å². The largest absolute Gasteiger partial charge is 0.396 e. The Kier molecular flexibility index (Phi) is 3.09. The van der Waals surface area contributed by atoms with E-state index < -0.39 is 0 Å². The maximum atomic E-state index is 6.16. The number of anilines is 3. The molecule has 0 amide bonds. The van der Waals surface area contributed by atoms with E-state index in [-0.39, 0.29) is 0 Å². The van der Waals surface area contributed by atoms with Gasteiger partial charge in [0.2, 0.25) is 5.95 Å². The van der Waals surface area contributed by atoms with Crippen molar-refractivity contribution in [3.05, 3.63) is 28.5 Å². The number of benzene rings is 1. The Hall–Kier alpha value is -1.70. The zero-order valence-electron chi connectivity index (χ0n) is 9.26. The van der Waals surface area contributed by atoms with Crippen molar-refractivity contribution in [3.8, 4) is 0 Å². The SMILES string of the molecule is Nc1cnc(Nc2c(Cl)cc(Cl)c3nsnc23)nc1. The predicted molar refractivity (Wildman–Crippen MR) is 77.2 cm³/mol. The van der Waals surface area contributed by atoms with Crippen LogP contribution in [0.2, 0.25) is 10.0 Å². The van der Waals surface area contributed by atoms with Crippen molar-refractivity contribution in [1.82, 2.24) is 18.7 Å². The summed E-state index contributed by atoms with van der Waals surface area (Å²) in [6.07, 6.45) is 2.99. The number of aromatic nitrogens is 4. The minimum atomic E-state index is 0.368.